The van der Waals surface area contributed by atoms with Gasteiger partial charge in [-0.1, -0.05) is 18.2 Å². The average molecular weight is 544 g/mol. The Morgan fingerprint density at radius 2 is 1.90 bits per heavy atom. The van der Waals surface area contributed by atoms with Gasteiger partial charge < -0.3 is 14.6 Å². The molecule has 7 rings (SSSR count). The number of aromatic amines is 1. The zero-order chi connectivity index (χ0) is 27.2. The van der Waals surface area contributed by atoms with Gasteiger partial charge in [-0.2, -0.15) is 4.98 Å². The summed E-state index contributed by atoms with van der Waals surface area (Å²) in [5.74, 6) is 0.177. The summed E-state index contributed by atoms with van der Waals surface area (Å²) in [5.41, 5.74) is 2.25. The number of carbonyl (C=O) groups is 1. The molecule has 1 fully saturated rings. The van der Waals surface area contributed by atoms with Crippen LogP contribution in [0.4, 0.5) is 4.39 Å². The highest BCUT2D eigenvalue weighted by molar-refractivity contribution is 6.02. The Kier molecular flexibility index (Phi) is 6.06. The lowest BCUT2D eigenvalue weighted by molar-refractivity contribution is 0.0720. The number of piperidine rings is 1. The SMILES string of the molecule is O=C(c1nc(-n2cnc3ccc(F)cc32)nc2c1[nH]c(=O)n2C1CCCCOc2ccccc21)N1CCCCC1.[HH]. The molecule has 1 N–H and O–H groups in total. The molecule has 0 radical (unpaired) electrons. The Morgan fingerprint density at radius 3 is 2.77 bits per heavy atom. The molecule has 1 saturated heterocycles. The van der Waals surface area contributed by atoms with Crippen LogP contribution in [0.5, 0.6) is 5.75 Å². The van der Waals surface area contributed by atoms with E-state index in [1.807, 2.05) is 24.3 Å². The molecule has 5 aromatic rings. The summed E-state index contributed by atoms with van der Waals surface area (Å²) in [4.78, 5) is 46.0. The highest BCUT2D eigenvalue weighted by atomic mass is 19.1. The van der Waals surface area contributed by atoms with Gasteiger partial charge in [-0.25, -0.2) is 19.2 Å². The largest absolute Gasteiger partial charge is 0.493 e. The van der Waals surface area contributed by atoms with Crippen molar-refractivity contribution in [1.29, 1.82) is 0 Å². The van der Waals surface area contributed by atoms with Crippen molar-refractivity contribution in [1.82, 2.24) is 34.0 Å². The third-order valence-electron chi connectivity index (χ3n) is 7.85. The lowest BCUT2D eigenvalue weighted by atomic mass is 9.98. The molecule has 0 aliphatic carbocycles. The standard InChI is InChI=1S/C29H28FN7O3.H2/c30-18-11-12-20-22(16-18)36(17-31-20)28-32-25(27(38)35-13-5-1-6-14-35)24-26(34-28)37(29(39)33-24)21-9-4-7-15-40-23-10-3-2-8-19(21)23;/h2-3,8,10-12,16-17,21H,1,4-7,9,13-15H2,(H,33,39);1H. The lowest BCUT2D eigenvalue weighted by Crippen LogP contribution is -2.36. The van der Waals surface area contributed by atoms with Gasteiger partial charge in [-0.15, -0.1) is 0 Å². The van der Waals surface area contributed by atoms with Crippen LogP contribution < -0.4 is 10.4 Å². The van der Waals surface area contributed by atoms with E-state index in [0.29, 0.717) is 48.3 Å². The van der Waals surface area contributed by atoms with Crippen molar-refractivity contribution in [3.05, 3.63) is 76.4 Å². The minimum absolute atomic E-state index is 0. The van der Waals surface area contributed by atoms with Gasteiger partial charge in [0.15, 0.2) is 11.3 Å². The summed E-state index contributed by atoms with van der Waals surface area (Å²) in [7, 11) is 0. The fourth-order valence-corrected chi connectivity index (χ4v) is 5.86. The topological polar surface area (TPSA) is 111 Å². The van der Waals surface area contributed by atoms with E-state index in [0.717, 1.165) is 43.4 Å². The highest BCUT2D eigenvalue weighted by Crippen LogP contribution is 2.35. The van der Waals surface area contributed by atoms with Crippen molar-refractivity contribution >= 4 is 28.1 Å². The first kappa shape index (κ1) is 24.5. The molecule has 11 heteroatoms. The number of hydrogen-bond acceptors (Lipinski definition) is 6. The Hall–Kier alpha value is -4.54. The number of fused-ring (bicyclic) bond motifs is 3. The summed E-state index contributed by atoms with van der Waals surface area (Å²) >= 11 is 0. The summed E-state index contributed by atoms with van der Waals surface area (Å²) in [6.45, 7) is 1.85. The van der Waals surface area contributed by atoms with E-state index >= 15 is 0 Å². The van der Waals surface area contributed by atoms with Gasteiger partial charge in [0.25, 0.3) is 5.91 Å². The van der Waals surface area contributed by atoms with E-state index in [2.05, 4.69) is 15.0 Å². The van der Waals surface area contributed by atoms with E-state index in [1.165, 1.54) is 18.5 Å². The molecule has 1 unspecified atom stereocenters. The fraction of sp³-hybridized carbons (Fsp3) is 0.345. The molecule has 0 bridgehead atoms. The maximum absolute atomic E-state index is 14.2. The number of benzene rings is 2. The quantitative estimate of drug-likeness (QED) is 0.356. The molecule has 10 nitrogen and oxygen atoms in total. The van der Waals surface area contributed by atoms with E-state index in [1.54, 1.807) is 20.1 Å². The van der Waals surface area contributed by atoms with E-state index in [-0.39, 0.29) is 30.7 Å². The number of rotatable bonds is 3. The fourth-order valence-electron chi connectivity index (χ4n) is 5.86. The smallest absolute Gasteiger partial charge is 0.328 e. The van der Waals surface area contributed by atoms with Crippen molar-refractivity contribution < 1.29 is 15.3 Å². The number of imidazole rings is 2. The number of aromatic nitrogens is 6. The number of nitrogens with zero attached hydrogens (tertiary/aromatic N) is 6. The molecule has 2 aliphatic rings. The van der Waals surface area contributed by atoms with Crippen molar-refractivity contribution in [2.75, 3.05) is 19.7 Å². The second kappa shape index (κ2) is 9.89. The number of amides is 1. The molecule has 5 heterocycles. The number of nitrogens with one attached hydrogen (secondary N) is 1. The third kappa shape index (κ3) is 4.12. The van der Waals surface area contributed by atoms with Crippen LogP contribution in [0.15, 0.2) is 53.6 Å². The predicted molar refractivity (Wildman–Crippen MR) is 149 cm³/mol. The zero-order valence-electron chi connectivity index (χ0n) is 21.8. The summed E-state index contributed by atoms with van der Waals surface area (Å²) < 4.78 is 23.4. The summed E-state index contributed by atoms with van der Waals surface area (Å²) in [6, 6.07) is 11.6. The van der Waals surface area contributed by atoms with Crippen molar-refractivity contribution in [3.63, 3.8) is 0 Å². The number of carbonyl (C=O) groups excluding carboxylic acids is 1. The van der Waals surface area contributed by atoms with Gasteiger partial charge in [0.2, 0.25) is 5.95 Å². The molecule has 1 amide bonds. The molecule has 206 valence electrons. The first-order valence-electron chi connectivity index (χ1n) is 13.7. The monoisotopic (exact) mass is 543 g/mol. The maximum Gasteiger partial charge on any atom is 0.328 e. The number of ether oxygens (including phenoxy) is 1. The lowest BCUT2D eigenvalue weighted by Gasteiger charge is -2.26. The van der Waals surface area contributed by atoms with E-state index in [9.17, 15) is 14.0 Å². The number of likely N-dealkylation sites (tertiary alicyclic amines) is 1. The average Bonchev–Trinajstić information content (AvgIpc) is 3.53. The highest BCUT2D eigenvalue weighted by Gasteiger charge is 2.30. The van der Waals surface area contributed by atoms with Gasteiger partial charge in [0.1, 0.15) is 23.4 Å². The second-order valence-electron chi connectivity index (χ2n) is 10.4. The molecular weight excluding hydrogens is 513 g/mol. The molecule has 0 spiro atoms. The number of para-hydroxylation sites is 1. The molecule has 1 atom stereocenters. The molecule has 0 saturated carbocycles. The van der Waals surface area contributed by atoms with Crippen LogP contribution in [0.1, 0.15) is 62.0 Å². The van der Waals surface area contributed by atoms with E-state index in [4.69, 9.17) is 9.72 Å². The molecule has 2 aliphatic heterocycles. The first-order valence-corrected chi connectivity index (χ1v) is 13.7. The Morgan fingerprint density at radius 1 is 1.05 bits per heavy atom. The van der Waals surface area contributed by atoms with Crippen molar-refractivity contribution in [2.24, 2.45) is 0 Å². The van der Waals surface area contributed by atoms with Crippen LogP contribution >= 0.6 is 0 Å². The van der Waals surface area contributed by atoms with Gasteiger partial charge in [0.05, 0.1) is 23.7 Å². The van der Waals surface area contributed by atoms with Crippen LogP contribution in [0.25, 0.3) is 28.1 Å². The van der Waals surface area contributed by atoms with Crippen LogP contribution in [0.3, 0.4) is 0 Å². The maximum atomic E-state index is 14.2. The van der Waals surface area contributed by atoms with Crippen molar-refractivity contribution in [3.8, 4) is 11.7 Å². The Labute approximate surface area is 229 Å². The minimum Gasteiger partial charge on any atom is -0.493 e. The first-order chi connectivity index (χ1) is 19.6. The second-order valence-corrected chi connectivity index (χ2v) is 10.4. The number of hydrogen-bond donors (Lipinski definition) is 1. The van der Waals surface area contributed by atoms with Crippen LogP contribution in [-0.4, -0.2) is 59.6 Å². The van der Waals surface area contributed by atoms with Gasteiger partial charge in [-0.3, -0.25) is 13.9 Å². The molecule has 40 heavy (non-hydrogen) atoms. The Balaban J connectivity index is 0.00000302. The van der Waals surface area contributed by atoms with Crippen LogP contribution in [0, 0.1) is 5.82 Å². The van der Waals surface area contributed by atoms with Gasteiger partial charge in [-0.05, 0) is 56.7 Å². The molecular formula is C29H30FN7O3. The Bertz CT molecular complexity index is 1810. The summed E-state index contributed by atoms with van der Waals surface area (Å²) in [6.07, 6.45) is 6.80. The third-order valence-corrected chi connectivity index (χ3v) is 7.85. The van der Waals surface area contributed by atoms with Crippen LogP contribution in [-0.2, 0) is 0 Å². The molecule has 2 aromatic carbocycles. The van der Waals surface area contributed by atoms with Crippen molar-refractivity contribution in [2.45, 2.75) is 44.6 Å². The number of H-pyrrole nitrogens is 1. The van der Waals surface area contributed by atoms with E-state index < -0.39 is 5.82 Å². The summed E-state index contributed by atoms with van der Waals surface area (Å²) in [5, 5.41) is 0. The van der Waals surface area contributed by atoms with Gasteiger partial charge >= 0.3 is 5.69 Å². The zero-order valence-corrected chi connectivity index (χ0v) is 21.8. The van der Waals surface area contributed by atoms with Crippen LogP contribution in [0.2, 0.25) is 0 Å². The normalized spacial score (nSPS) is 17.8. The van der Waals surface area contributed by atoms with Gasteiger partial charge in [0, 0.05) is 26.1 Å². The minimum atomic E-state index is -0.426. The number of halogens is 1. The predicted octanol–water partition coefficient (Wildman–Crippen LogP) is 4.62. The molecule has 3 aromatic heterocycles.